The minimum absolute atomic E-state index is 0.149. The van der Waals surface area contributed by atoms with Gasteiger partial charge >= 0.3 is 0 Å². The van der Waals surface area contributed by atoms with Crippen molar-refractivity contribution in [1.82, 2.24) is 0 Å². The summed E-state index contributed by atoms with van der Waals surface area (Å²) in [4.78, 5) is 9.92. The highest BCUT2D eigenvalue weighted by molar-refractivity contribution is 5.36. The predicted octanol–water partition coefficient (Wildman–Crippen LogP) is 5.59. The summed E-state index contributed by atoms with van der Waals surface area (Å²) in [6, 6.07) is 0. The molecule has 0 radical (unpaired) electrons. The lowest BCUT2D eigenvalue weighted by Gasteiger charge is -2.03. The molecule has 0 aliphatic carbocycles. The van der Waals surface area contributed by atoms with E-state index in [-0.39, 0.29) is 6.67 Å². The number of carbonyl (C=O) groups is 1. The fourth-order valence-corrected chi connectivity index (χ4v) is 2.45. The van der Waals surface area contributed by atoms with Crippen LogP contribution in [0.5, 0.6) is 0 Å². The summed E-state index contributed by atoms with van der Waals surface area (Å²) < 4.78 is 16.5. The highest BCUT2D eigenvalue weighted by atomic mass is 19.1. The Morgan fingerprint density at radius 3 is 1.30 bits per heavy atom. The number of rotatable bonds is 17. The zero-order chi connectivity index (χ0) is 14.7. The van der Waals surface area contributed by atoms with E-state index in [1.54, 1.807) is 0 Å². The molecule has 0 saturated carbocycles. The summed E-state index contributed by atoms with van der Waals surface area (Å²) in [6.07, 6.45) is 17.1. The molecule has 0 aliphatic rings. The van der Waals surface area contributed by atoms with E-state index in [2.05, 4.69) is 4.74 Å². The van der Waals surface area contributed by atoms with E-state index in [9.17, 15) is 9.18 Å². The van der Waals surface area contributed by atoms with Gasteiger partial charge < -0.3 is 4.74 Å². The van der Waals surface area contributed by atoms with Crippen molar-refractivity contribution in [3.05, 3.63) is 0 Å². The third kappa shape index (κ3) is 17.4. The first-order chi connectivity index (χ1) is 9.91. The van der Waals surface area contributed by atoms with Gasteiger partial charge in [0.15, 0.2) is 0 Å². The summed E-state index contributed by atoms with van der Waals surface area (Å²) >= 11 is 0. The van der Waals surface area contributed by atoms with Gasteiger partial charge in [-0.15, -0.1) is 0 Å². The Kier molecular flexibility index (Phi) is 17.8. The number of unbranched alkanes of at least 4 members (excludes halogenated alkanes) is 13. The van der Waals surface area contributed by atoms with Crippen molar-refractivity contribution in [1.29, 1.82) is 0 Å². The molecule has 0 unspecified atom stereocenters. The Morgan fingerprint density at radius 2 is 0.950 bits per heavy atom. The Labute approximate surface area is 124 Å². The molecule has 0 N–H and O–H groups in total. The third-order valence-corrected chi connectivity index (χ3v) is 3.71. The van der Waals surface area contributed by atoms with Gasteiger partial charge in [0, 0.05) is 0 Å². The highest BCUT2D eigenvalue weighted by Crippen LogP contribution is 2.12. The average Bonchev–Trinajstić information content (AvgIpc) is 2.47. The number of hydrogen-bond acceptors (Lipinski definition) is 2. The van der Waals surface area contributed by atoms with E-state index >= 15 is 0 Å². The van der Waals surface area contributed by atoms with E-state index in [4.69, 9.17) is 0 Å². The summed E-state index contributed by atoms with van der Waals surface area (Å²) in [5.74, 6) is 0. The number of alkyl halides is 1. The van der Waals surface area contributed by atoms with Crippen LogP contribution in [-0.4, -0.2) is 19.8 Å². The van der Waals surface area contributed by atoms with Gasteiger partial charge in [-0.1, -0.05) is 77.0 Å². The molecular weight excluding hydrogens is 255 g/mol. The second-order valence-electron chi connectivity index (χ2n) is 5.61. The van der Waals surface area contributed by atoms with Crippen LogP contribution in [0.25, 0.3) is 0 Å². The molecule has 2 nitrogen and oxygen atoms in total. The topological polar surface area (TPSA) is 26.3 Å². The smallest absolute Gasteiger partial charge is 0.293 e. The number of carbonyl (C=O) groups excluding carboxylic acids is 1. The van der Waals surface area contributed by atoms with Crippen LogP contribution < -0.4 is 0 Å². The number of hydrogen-bond donors (Lipinski definition) is 0. The van der Waals surface area contributed by atoms with Gasteiger partial charge in [0.25, 0.3) is 6.47 Å². The Morgan fingerprint density at radius 1 is 0.600 bits per heavy atom. The number of halogens is 1. The molecule has 0 spiro atoms. The first-order valence-electron chi connectivity index (χ1n) is 8.53. The van der Waals surface area contributed by atoms with Crippen LogP contribution in [-0.2, 0) is 9.53 Å². The summed E-state index contributed by atoms with van der Waals surface area (Å²) in [7, 11) is 0. The predicted molar refractivity (Wildman–Crippen MR) is 82.6 cm³/mol. The Bertz CT molecular complexity index is 186. The normalized spacial score (nSPS) is 10.7. The molecule has 20 heavy (non-hydrogen) atoms. The Hall–Kier alpha value is -0.600. The molecule has 0 bridgehead atoms. The summed E-state index contributed by atoms with van der Waals surface area (Å²) in [6.45, 7) is 0.958. The lowest BCUT2D eigenvalue weighted by atomic mass is 10.0. The lowest BCUT2D eigenvalue weighted by molar-refractivity contribution is -0.128. The standard InChI is InChI=1S/C17H33FO2/c18-15-13-11-9-7-5-3-1-2-4-6-8-10-12-14-16-20-17-19/h17H,1-16H2. The van der Waals surface area contributed by atoms with Gasteiger partial charge in [-0.05, 0) is 12.8 Å². The summed E-state index contributed by atoms with van der Waals surface area (Å²) in [5, 5.41) is 0. The minimum atomic E-state index is -0.149. The lowest BCUT2D eigenvalue weighted by Crippen LogP contribution is -1.91. The van der Waals surface area contributed by atoms with Crippen LogP contribution in [0.4, 0.5) is 4.39 Å². The SMILES string of the molecule is O=COCCCCCCCCCCCCCCCCF. The molecule has 0 aromatic carbocycles. The van der Waals surface area contributed by atoms with E-state index in [0.717, 1.165) is 19.3 Å². The fourth-order valence-electron chi connectivity index (χ4n) is 2.45. The van der Waals surface area contributed by atoms with E-state index in [1.165, 1.54) is 70.6 Å². The second-order valence-corrected chi connectivity index (χ2v) is 5.61. The van der Waals surface area contributed by atoms with Crippen LogP contribution in [0.3, 0.4) is 0 Å². The average molecular weight is 288 g/mol. The van der Waals surface area contributed by atoms with Gasteiger partial charge in [0.05, 0.1) is 13.3 Å². The Balaban J connectivity index is 2.90. The quantitative estimate of drug-likeness (QED) is 0.257. The maximum Gasteiger partial charge on any atom is 0.293 e. The van der Waals surface area contributed by atoms with Gasteiger partial charge in [-0.2, -0.15) is 0 Å². The van der Waals surface area contributed by atoms with Gasteiger partial charge in [0.2, 0.25) is 0 Å². The summed E-state index contributed by atoms with van der Waals surface area (Å²) in [5.41, 5.74) is 0. The van der Waals surface area contributed by atoms with Crippen molar-refractivity contribution < 1.29 is 13.9 Å². The van der Waals surface area contributed by atoms with Crippen LogP contribution in [0, 0.1) is 0 Å². The van der Waals surface area contributed by atoms with Crippen molar-refractivity contribution >= 4 is 6.47 Å². The molecular formula is C17H33FO2. The van der Waals surface area contributed by atoms with Crippen molar-refractivity contribution in [2.45, 2.75) is 89.9 Å². The van der Waals surface area contributed by atoms with E-state index in [0.29, 0.717) is 13.1 Å². The monoisotopic (exact) mass is 288 g/mol. The maximum absolute atomic E-state index is 11.9. The van der Waals surface area contributed by atoms with Gasteiger partial charge in [-0.3, -0.25) is 9.18 Å². The van der Waals surface area contributed by atoms with Crippen molar-refractivity contribution in [3.8, 4) is 0 Å². The molecule has 0 aliphatic heterocycles. The zero-order valence-corrected chi connectivity index (χ0v) is 13.1. The van der Waals surface area contributed by atoms with Crippen LogP contribution in [0.1, 0.15) is 89.9 Å². The fraction of sp³-hybridized carbons (Fsp3) is 0.941. The van der Waals surface area contributed by atoms with E-state index < -0.39 is 0 Å². The first kappa shape index (κ1) is 19.4. The highest BCUT2D eigenvalue weighted by Gasteiger charge is 1.94. The molecule has 0 fully saturated rings. The van der Waals surface area contributed by atoms with Crippen molar-refractivity contribution in [2.24, 2.45) is 0 Å². The molecule has 3 heteroatoms. The molecule has 0 atom stereocenters. The molecule has 0 heterocycles. The van der Waals surface area contributed by atoms with Crippen LogP contribution >= 0.6 is 0 Å². The zero-order valence-electron chi connectivity index (χ0n) is 13.1. The van der Waals surface area contributed by atoms with Gasteiger partial charge in [0.1, 0.15) is 0 Å². The molecule has 0 aromatic heterocycles. The molecule has 0 rings (SSSR count). The molecule has 0 amide bonds. The number of ether oxygens (including phenoxy) is 1. The molecule has 120 valence electrons. The third-order valence-electron chi connectivity index (χ3n) is 3.71. The van der Waals surface area contributed by atoms with Crippen molar-refractivity contribution in [2.75, 3.05) is 13.3 Å². The molecule has 0 aromatic rings. The molecule has 0 saturated heterocycles. The second kappa shape index (κ2) is 18.4. The maximum atomic E-state index is 11.9. The van der Waals surface area contributed by atoms with Crippen molar-refractivity contribution in [3.63, 3.8) is 0 Å². The van der Waals surface area contributed by atoms with Gasteiger partial charge in [-0.25, -0.2) is 0 Å². The van der Waals surface area contributed by atoms with Crippen LogP contribution in [0.2, 0.25) is 0 Å². The largest absolute Gasteiger partial charge is 0.468 e. The van der Waals surface area contributed by atoms with Crippen LogP contribution in [0.15, 0.2) is 0 Å². The first-order valence-corrected chi connectivity index (χ1v) is 8.53. The minimum Gasteiger partial charge on any atom is -0.468 e. The van der Waals surface area contributed by atoms with E-state index in [1.807, 2.05) is 0 Å².